The normalized spacial score (nSPS) is 31.6. The smallest absolute Gasteiger partial charge is 0.233 e. The fourth-order valence-corrected chi connectivity index (χ4v) is 2.95. The first-order valence-corrected chi connectivity index (χ1v) is 6.47. The molecule has 2 rings (SSSR count). The van der Waals surface area contributed by atoms with Gasteiger partial charge in [-0.15, -0.1) is 0 Å². The molecule has 0 aromatic heterocycles. The monoisotopic (exact) mass is 238 g/mol. The highest BCUT2D eigenvalue weighted by Gasteiger charge is 2.72. The Hall–Kier alpha value is -0.900. The molecular formula is C13H22N2O2. The van der Waals surface area contributed by atoms with Crippen LogP contribution in [0.25, 0.3) is 0 Å². The lowest BCUT2D eigenvalue weighted by atomic mass is 10.0. The molecule has 1 saturated carbocycles. The number of hydrogen-bond donors (Lipinski definition) is 1. The van der Waals surface area contributed by atoms with Crippen LogP contribution in [0.2, 0.25) is 0 Å². The molecule has 1 aliphatic heterocycles. The first-order chi connectivity index (χ1) is 7.91. The van der Waals surface area contributed by atoms with Crippen molar-refractivity contribution in [2.75, 3.05) is 19.6 Å². The fourth-order valence-electron chi connectivity index (χ4n) is 2.95. The van der Waals surface area contributed by atoms with Crippen LogP contribution >= 0.6 is 0 Å². The van der Waals surface area contributed by atoms with Crippen molar-refractivity contribution in [3.8, 4) is 0 Å². The summed E-state index contributed by atoms with van der Waals surface area (Å²) in [6.45, 7) is 10.5. The van der Waals surface area contributed by atoms with Crippen LogP contribution in [0.15, 0.2) is 0 Å². The molecule has 1 N–H and O–H groups in total. The molecule has 3 atom stereocenters. The topological polar surface area (TPSA) is 49.4 Å². The summed E-state index contributed by atoms with van der Waals surface area (Å²) in [5, 5.41) is 3.24. The minimum atomic E-state index is -0.0877. The van der Waals surface area contributed by atoms with E-state index in [4.69, 9.17) is 0 Å². The van der Waals surface area contributed by atoms with Gasteiger partial charge in [0.1, 0.15) is 0 Å². The van der Waals surface area contributed by atoms with E-state index < -0.39 is 0 Å². The average Bonchev–Trinajstić information content (AvgIpc) is 2.73. The second-order valence-corrected chi connectivity index (χ2v) is 5.98. The van der Waals surface area contributed by atoms with Gasteiger partial charge in [0.25, 0.3) is 0 Å². The van der Waals surface area contributed by atoms with E-state index in [2.05, 4.69) is 19.2 Å². The van der Waals surface area contributed by atoms with Crippen molar-refractivity contribution in [2.45, 2.75) is 27.7 Å². The van der Waals surface area contributed by atoms with E-state index in [9.17, 15) is 9.59 Å². The van der Waals surface area contributed by atoms with Gasteiger partial charge in [0.2, 0.25) is 11.8 Å². The maximum absolute atomic E-state index is 12.1. The van der Waals surface area contributed by atoms with Crippen LogP contribution in [-0.2, 0) is 9.59 Å². The lowest BCUT2D eigenvalue weighted by Gasteiger charge is -2.23. The molecule has 17 heavy (non-hydrogen) atoms. The number of fused-ring (bicyclic) bond motifs is 1. The summed E-state index contributed by atoms with van der Waals surface area (Å²) in [7, 11) is 0. The highest BCUT2D eigenvalue weighted by molar-refractivity contribution is 6.10. The lowest BCUT2D eigenvalue weighted by Crippen LogP contribution is -2.41. The molecule has 1 aliphatic carbocycles. The molecule has 1 heterocycles. The third-order valence-electron chi connectivity index (χ3n) is 4.13. The highest BCUT2D eigenvalue weighted by Crippen LogP contribution is 2.63. The summed E-state index contributed by atoms with van der Waals surface area (Å²) in [5.41, 5.74) is -0.0877. The molecule has 0 radical (unpaired) electrons. The quantitative estimate of drug-likeness (QED) is 0.723. The van der Waals surface area contributed by atoms with Crippen LogP contribution < -0.4 is 5.32 Å². The Morgan fingerprint density at radius 1 is 1.29 bits per heavy atom. The molecule has 0 aromatic carbocycles. The molecule has 4 heteroatoms. The van der Waals surface area contributed by atoms with Crippen LogP contribution in [0.1, 0.15) is 27.7 Å². The standard InChI is InChI=1S/C13H22N2O2/c1-5-14-6-8(2)7-15-11(16)9-10(12(15)17)13(9,3)4/h8-10,14H,5-7H2,1-4H3. The Kier molecular flexibility index (Phi) is 3.02. The zero-order valence-electron chi connectivity index (χ0n) is 11.1. The molecule has 2 fully saturated rings. The summed E-state index contributed by atoms with van der Waals surface area (Å²) in [4.78, 5) is 25.6. The van der Waals surface area contributed by atoms with Crippen molar-refractivity contribution in [1.82, 2.24) is 10.2 Å². The van der Waals surface area contributed by atoms with Crippen molar-refractivity contribution in [2.24, 2.45) is 23.2 Å². The lowest BCUT2D eigenvalue weighted by molar-refractivity contribution is -0.143. The molecular weight excluding hydrogens is 216 g/mol. The Morgan fingerprint density at radius 3 is 2.29 bits per heavy atom. The Labute approximate surface area is 103 Å². The highest BCUT2D eigenvalue weighted by atomic mass is 16.2. The number of nitrogens with one attached hydrogen (secondary N) is 1. The van der Waals surface area contributed by atoms with Crippen molar-refractivity contribution in [1.29, 1.82) is 0 Å². The van der Waals surface area contributed by atoms with Crippen LogP contribution in [0.5, 0.6) is 0 Å². The minimum absolute atomic E-state index is 0.0404. The molecule has 4 nitrogen and oxygen atoms in total. The zero-order valence-corrected chi connectivity index (χ0v) is 11.1. The SMILES string of the molecule is CCNCC(C)CN1C(=O)C2C(C1=O)C2(C)C. The van der Waals surface area contributed by atoms with Gasteiger partial charge in [-0.2, -0.15) is 0 Å². The molecule has 0 aromatic rings. The van der Waals surface area contributed by atoms with Crippen molar-refractivity contribution in [3.63, 3.8) is 0 Å². The van der Waals surface area contributed by atoms with E-state index in [-0.39, 0.29) is 29.1 Å². The van der Waals surface area contributed by atoms with Crippen LogP contribution in [0.3, 0.4) is 0 Å². The molecule has 0 spiro atoms. The van der Waals surface area contributed by atoms with E-state index >= 15 is 0 Å². The fraction of sp³-hybridized carbons (Fsp3) is 0.846. The summed E-state index contributed by atoms with van der Waals surface area (Å²) >= 11 is 0. The Balaban J connectivity index is 1.93. The number of likely N-dealkylation sites (tertiary alicyclic amines) is 1. The number of amides is 2. The third kappa shape index (κ3) is 1.88. The zero-order chi connectivity index (χ0) is 12.8. The van der Waals surface area contributed by atoms with E-state index in [1.54, 1.807) is 0 Å². The van der Waals surface area contributed by atoms with E-state index in [0.717, 1.165) is 13.1 Å². The van der Waals surface area contributed by atoms with Gasteiger partial charge in [0.15, 0.2) is 0 Å². The minimum Gasteiger partial charge on any atom is -0.317 e. The van der Waals surface area contributed by atoms with Crippen LogP contribution in [0.4, 0.5) is 0 Å². The molecule has 96 valence electrons. The number of nitrogens with zero attached hydrogens (tertiary/aromatic N) is 1. The van der Waals surface area contributed by atoms with Crippen LogP contribution in [0, 0.1) is 23.2 Å². The van der Waals surface area contributed by atoms with Gasteiger partial charge in [-0.05, 0) is 24.4 Å². The van der Waals surface area contributed by atoms with Crippen molar-refractivity contribution >= 4 is 11.8 Å². The van der Waals surface area contributed by atoms with Crippen molar-refractivity contribution in [3.05, 3.63) is 0 Å². The number of rotatable bonds is 5. The molecule has 0 bridgehead atoms. The number of piperidine rings is 1. The first-order valence-electron chi connectivity index (χ1n) is 6.47. The van der Waals surface area contributed by atoms with Gasteiger partial charge in [-0.3, -0.25) is 14.5 Å². The first kappa shape index (κ1) is 12.6. The summed E-state index contributed by atoms with van der Waals surface area (Å²) in [6, 6.07) is 0. The van der Waals surface area contributed by atoms with Crippen LogP contribution in [-0.4, -0.2) is 36.3 Å². The molecule has 1 saturated heterocycles. The van der Waals surface area contributed by atoms with Gasteiger partial charge in [0.05, 0.1) is 11.8 Å². The van der Waals surface area contributed by atoms with Gasteiger partial charge in [0, 0.05) is 6.54 Å². The van der Waals surface area contributed by atoms with Gasteiger partial charge in [-0.1, -0.05) is 27.7 Å². The number of carbonyl (C=O) groups excluding carboxylic acids is 2. The maximum Gasteiger partial charge on any atom is 0.233 e. The van der Waals surface area contributed by atoms with Gasteiger partial charge < -0.3 is 5.32 Å². The summed E-state index contributed by atoms with van der Waals surface area (Å²) in [5.74, 6) is 0.341. The molecule has 2 amide bonds. The van der Waals surface area contributed by atoms with Crippen molar-refractivity contribution < 1.29 is 9.59 Å². The predicted octanol–water partition coefficient (Wildman–Crippen LogP) is 0.873. The largest absolute Gasteiger partial charge is 0.317 e. The maximum atomic E-state index is 12.1. The second-order valence-electron chi connectivity index (χ2n) is 5.98. The third-order valence-corrected chi connectivity index (χ3v) is 4.13. The Bertz CT molecular complexity index is 327. The van der Waals surface area contributed by atoms with Gasteiger partial charge >= 0.3 is 0 Å². The second kappa shape index (κ2) is 4.09. The van der Waals surface area contributed by atoms with Gasteiger partial charge in [-0.25, -0.2) is 0 Å². The van der Waals surface area contributed by atoms with E-state index in [1.165, 1.54) is 4.90 Å². The number of imide groups is 1. The predicted molar refractivity (Wildman–Crippen MR) is 65.2 cm³/mol. The average molecular weight is 238 g/mol. The molecule has 2 aliphatic rings. The Morgan fingerprint density at radius 2 is 1.82 bits per heavy atom. The van der Waals surface area contributed by atoms with E-state index in [0.29, 0.717) is 12.5 Å². The summed E-state index contributed by atoms with van der Waals surface area (Å²) in [6.07, 6.45) is 0. The molecule has 3 unspecified atom stereocenters. The summed E-state index contributed by atoms with van der Waals surface area (Å²) < 4.78 is 0. The number of hydrogen-bond acceptors (Lipinski definition) is 3. The van der Waals surface area contributed by atoms with E-state index in [1.807, 2.05) is 13.8 Å². The number of carbonyl (C=O) groups is 2.